The SMILES string of the molecule is CCNC(=O)c1cccnc1N1CCN(C(C)=O)CC1. The molecule has 0 atom stereocenters. The molecule has 1 fully saturated rings. The largest absolute Gasteiger partial charge is 0.352 e. The lowest BCUT2D eigenvalue weighted by atomic mass is 10.2. The number of amides is 2. The zero-order chi connectivity index (χ0) is 14.5. The Hall–Kier alpha value is -2.11. The van der Waals surface area contributed by atoms with Crippen molar-refractivity contribution in [3.63, 3.8) is 0 Å². The fraction of sp³-hybridized carbons (Fsp3) is 0.500. The molecular formula is C14H20N4O2. The van der Waals surface area contributed by atoms with Crippen LogP contribution in [0.2, 0.25) is 0 Å². The summed E-state index contributed by atoms with van der Waals surface area (Å²) < 4.78 is 0. The number of hydrogen-bond acceptors (Lipinski definition) is 4. The van der Waals surface area contributed by atoms with E-state index in [-0.39, 0.29) is 11.8 Å². The molecule has 108 valence electrons. The molecule has 6 heteroatoms. The maximum atomic E-state index is 12.0. The van der Waals surface area contributed by atoms with Gasteiger partial charge in [0.05, 0.1) is 5.56 Å². The van der Waals surface area contributed by atoms with Crippen LogP contribution in [0, 0.1) is 0 Å². The normalized spacial score (nSPS) is 15.1. The van der Waals surface area contributed by atoms with Gasteiger partial charge in [0, 0.05) is 45.8 Å². The number of carbonyl (C=O) groups excluding carboxylic acids is 2. The monoisotopic (exact) mass is 276 g/mol. The van der Waals surface area contributed by atoms with Gasteiger partial charge in [-0.25, -0.2) is 4.98 Å². The van der Waals surface area contributed by atoms with Gasteiger partial charge in [-0.1, -0.05) is 0 Å². The van der Waals surface area contributed by atoms with Crippen LogP contribution in [-0.2, 0) is 4.79 Å². The number of piperazine rings is 1. The first-order chi connectivity index (χ1) is 9.63. The summed E-state index contributed by atoms with van der Waals surface area (Å²) in [6.07, 6.45) is 1.69. The standard InChI is InChI=1S/C14H20N4O2/c1-3-15-14(20)12-5-4-6-16-13(12)18-9-7-17(8-10-18)11(2)19/h4-6H,3,7-10H2,1-2H3,(H,15,20). The Kier molecular flexibility index (Phi) is 4.55. The Morgan fingerprint density at radius 3 is 2.60 bits per heavy atom. The highest BCUT2D eigenvalue weighted by Crippen LogP contribution is 2.19. The summed E-state index contributed by atoms with van der Waals surface area (Å²) in [5.74, 6) is 0.681. The number of hydrogen-bond donors (Lipinski definition) is 1. The molecule has 0 spiro atoms. The molecule has 0 saturated carbocycles. The van der Waals surface area contributed by atoms with Crippen LogP contribution in [0.15, 0.2) is 18.3 Å². The Labute approximate surface area is 118 Å². The van der Waals surface area contributed by atoms with Gasteiger partial charge in [0.2, 0.25) is 5.91 Å². The average Bonchev–Trinajstić information content (AvgIpc) is 2.47. The van der Waals surface area contributed by atoms with Crippen molar-refractivity contribution in [1.82, 2.24) is 15.2 Å². The summed E-state index contributed by atoms with van der Waals surface area (Å²) in [4.78, 5) is 31.6. The van der Waals surface area contributed by atoms with Crippen LogP contribution in [0.1, 0.15) is 24.2 Å². The Bertz CT molecular complexity index is 496. The lowest BCUT2D eigenvalue weighted by Gasteiger charge is -2.35. The van der Waals surface area contributed by atoms with E-state index in [4.69, 9.17) is 0 Å². The number of nitrogens with zero attached hydrogens (tertiary/aromatic N) is 3. The van der Waals surface area contributed by atoms with Crippen molar-refractivity contribution in [2.24, 2.45) is 0 Å². The molecule has 0 radical (unpaired) electrons. The van der Waals surface area contributed by atoms with E-state index in [1.54, 1.807) is 25.3 Å². The van der Waals surface area contributed by atoms with E-state index in [9.17, 15) is 9.59 Å². The van der Waals surface area contributed by atoms with E-state index in [0.29, 0.717) is 44.1 Å². The summed E-state index contributed by atoms with van der Waals surface area (Å²) in [6.45, 7) is 6.79. The Balaban J connectivity index is 2.14. The molecule has 6 nitrogen and oxygen atoms in total. The highest BCUT2D eigenvalue weighted by molar-refractivity contribution is 5.98. The van der Waals surface area contributed by atoms with Gasteiger partial charge in [0.25, 0.3) is 5.91 Å². The molecule has 20 heavy (non-hydrogen) atoms. The quantitative estimate of drug-likeness (QED) is 0.873. The Morgan fingerprint density at radius 1 is 1.30 bits per heavy atom. The van der Waals surface area contributed by atoms with Crippen LogP contribution in [0.5, 0.6) is 0 Å². The second-order valence-electron chi connectivity index (χ2n) is 4.73. The lowest BCUT2D eigenvalue weighted by Crippen LogP contribution is -2.48. The number of aromatic nitrogens is 1. The third-order valence-corrected chi connectivity index (χ3v) is 3.39. The van der Waals surface area contributed by atoms with E-state index in [1.165, 1.54) is 0 Å². The van der Waals surface area contributed by atoms with Crippen LogP contribution in [-0.4, -0.2) is 54.4 Å². The van der Waals surface area contributed by atoms with Crippen LogP contribution >= 0.6 is 0 Å². The van der Waals surface area contributed by atoms with E-state index < -0.39 is 0 Å². The molecule has 1 aliphatic rings. The van der Waals surface area contributed by atoms with Crippen molar-refractivity contribution >= 4 is 17.6 Å². The fourth-order valence-electron chi connectivity index (χ4n) is 2.32. The predicted octanol–water partition coefficient (Wildman–Crippen LogP) is 0.500. The van der Waals surface area contributed by atoms with Gasteiger partial charge >= 0.3 is 0 Å². The number of carbonyl (C=O) groups is 2. The van der Waals surface area contributed by atoms with Gasteiger partial charge in [-0.2, -0.15) is 0 Å². The maximum absolute atomic E-state index is 12.0. The highest BCUT2D eigenvalue weighted by atomic mass is 16.2. The van der Waals surface area contributed by atoms with Crippen molar-refractivity contribution in [2.75, 3.05) is 37.6 Å². The van der Waals surface area contributed by atoms with E-state index in [0.717, 1.165) is 0 Å². The molecule has 1 N–H and O–H groups in total. The maximum Gasteiger partial charge on any atom is 0.255 e. The molecule has 1 aliphatic heterocycles. The average molecular weight is 276 g/mol. The first kappa shape index (κ1) is 14.3. The topological polar surface area (TPSA) is 65.5 Å². The van der Waals surface area contributed by atoms with Gasteiger partial charge in [-0.3, -0.25) is 9.59 Å². The van der Waals surface area contributed by atoms with Crippen molar-refractivity contribution < 1.29 is 9.59 Å². The van der Waals surface area contributed by atoms with Gasteiger partial charge in [-0.15, -0.1) is 0 Å². The predicted molar refractivity (Wildman–Crippen MR) is 76.7 cm³/mol. The minimum absolute atomic E-state index is 0.0922. The van der Waals surface area contributed by atoms with Gasteiger partial charge in [0.1, 0.15) is 5.82 Å². The van der Waals surface area contributed by atoms with Crippen LogP contribution in [0.3, 0.4) is 0 Å². The first-order valence-corrected chi connectivity index (χ1v) is 6.87. The minimum atomic E-state index is -0.107. The zero-order valence-electron chi connectivity index (χ0n) is 11.9. The third kappa shape index (κ3) is 3.07. The summed E-state index contributed by atoms with van der Waals surface area (Å²) in [5.41, 5.74) is 0.589. The molecule has 2 heterocycles. The molecule has 1 saturated heterocycles. The Morgan fingerprint density at radius 2 is 2.00 bits per heavy atom. The molecule has 0 aliphatic carbocycles. The number of rotatable bonds is 3. The summed E-state index contributed by atoms with van der Waals surface area (Å²) in [6, 6.07) is 3.55. The van der Waals surface area contributed by atoms with Crippen molar-refractivity contribution in [3.8, 4) is 0 Å². The molecule has 0 bridgehead atoms. The molecule has 0 aromatic carbocycles. The second kappa shape index (κ2) is 6.36. The van der Waals surface area contributed by atoms with E-state index >= 15 is 0 Å². The molecular weight excluding hydrogens is 256 g/mol. The summed E-state index contributed by atoms with van der Waals surface area (Å²) in [5, 5.41) is 2.80. The molecule has 0 unspecified atom stereocenters. The third-order valence-electron chi connectivity index (χ3n) is 3.39. The minimum Gasteiger partial charge on any atom is -0.352 e. The van der Waals surface area contributed by atoms with Gasteiger partial charge in [0.15, 0.2) is 0 Å². The fourth-order valence-corrected chi connectivity index (χ4v) is 2.32. The molecule has 1 aromatic heterocycles. The molecule has 1 aromatic rings. The van der Waals surface area contributed by atoms with Crippen molar-refractivity contribution in [2.45, 2.75) is 13.8 Å². The highest BCUT2D eigenvalue weighted by Gasteiger charge is 2.23. The number of anilines is 1. The van der Waals surface area contributed by atoms with E-state index in [1.807, 2.05) is 11.8 Å². The molecule has 2 rings (SSSR count). The number of nitrogens with one attached hydrogen (secondary N) is 1. The van der Waals surface area contributed by atoms with E-state index in [2.05, 4.69) is 15.2 Å². The van der Waals surface area contributed by atoms with Gasteiger partial charge < -0.3 is 15.1 Å². The first-order valence-electron chi connectivity index (χ1n) is 6.87. The summed E-state index contributed by atoms with van der Waals surface area (Å²) >= 11 is 0. The lowest BCUT2D eigenvalue weighted by molar-refractivity contribution is -0.129. The van der Waals surface area contributed by atoms with Crippen molar-refractivity contribution in [3.05, 3.63) is 23.9 Å². The second-order valence-corrected chi connectivity index (χ2v) is 4.73. The summed E-state index contributed by atoms with van der Waals surface area (Å²) in [7, 11) is 0. The number of pyridine rings is 1. The molecule has 2 amide bonds. The smallest absolute Gasteiger partial charge is 0.255 e. The van der Waals surface area contributed by atoms with Gasteiger partial charge in [-0.05, 0) is 19.1 Å². The zero-order valence-corrected chi connectivity index (χ0v) is 11.9. The van der Waals surface area contributed by atoms with Crippen LogP contribution in [0.4, 0.5) is 5.82 Å². The van der Waals surface area contributed by atoms with Crippen molar-refractivity contribution in [1.29, 1.82) is 0 Å². The van der Waals surface area contributed by atoms with Crippen LogP contribution in [0.25, 0.3) is 0 Å². The van der Waals surface area contributed by atoms with Crippen LogP contribution < -0.4 is 10.2 Å².